The van der Waals surface area contributed by atoms with Crippen LogP contribution in [0.1, 0.15) is 21.6 Å². The molecule has 2 aliphatic heterocycles. The van der Waals surface area contributed by atoms with Gasteiger partial charge in [0.1, 0.15) is 6.61 Å². The van der Waals surface area contributed by atoms with Crippen LogP contribution in [0, 0.1) is 0 Å². The molecule has 3 aromatic rings. The Morgan fingerprint density at radius 2 is 1.65 bits per heavy atom. The van der Waals surface area contributed by atoms with Gasteiger partial charge in [0.15, 0.2) is 5.82 Å². The number of carbonyl (C=O) groups excluding carboxylic acids is 1. The van der Waals surface area contributed by atoms with E-state index >= 15 is 0 Å². The Bertz CT molecular complexity index is 1210. The van der Waals surface area contributed by atoms with Crippen LogP contribution in [0.2, 0.25) is 0 Å². The van der Waals surface area contributed by atoms with E-state index in [9.17, 15) is 18.0 Å². The highest BCUT2D eigenvalue weighted by molar-refractivity contribution is 5.96. The molecule has 10 heteroatoms. The van der Waals surface area contributed by atoms with Gasteiger partial charge in [-0.05, 0) is 41.5 Å². The monoisotopic (exact) mass is 467 g/mol. The molecule has 0 aliphatic carbocycles. The minimum atomic E-state index is -4.58. The molecule has 0 spiro atoms. The second kappa shape index (κ2) is 8.77. The van der Waals surface area contributed by atoms with Gasteiger partial charge in [-0.15, -0.1) is 10.2 Å². The molecule has 0 radical (unpaired) electrons. The number of rotatable bonds is 5. The number of pyridine rings is 1. The summed E-state index contributed by atoms with van der Waals surface area (Å²) in [5.74, 6) is 0.442. The van der Waals surface area contributed by atoms with Crippen molar-refractivity contribution in [3.05, 3.63) is 88.8 Å². The number of amides is 1. The number of halogens is 3. The molecule has 4 heterocycles. The Morgan fingerprint density at radius 3 is 2.29 bits per heavy atom. The predicted octanol–water partition coefficient (Wildman–Crippen LogP) is 3.74. The molecule has 0 fully saturated rings. The van der Waals surface area contributed by atoms with E-state index in [0.717, 1.165) is 22.9 Å². The van der Waals surface area contributed by atoms with Gasteiger partial charge >= 0.3 is 6.18 Å². The van der Waals surface area contributed by atoms with Crippen LogP contribution in [0.3, 0.4) is 0 Å². The summed E-state index contributed by atoms with van der Waals surface area (Å²) in [5.41, 5.74) is 1.60. The summed E-state index contributed by atoms with van der Waals surface area (Å²) in [5, 5.41) is 8.36. The molecule has 0 atom stereocenters. The fourth-order valence-electron chi connectivity index (χ4n) is 4.16. The van der Waals surface area contributed by atoms with Crippen LogP contribution < -0.4 is 9.64 Å². The second-order valence-electron chi connectivity index (χ2n) is 8.11. The highest BCUT2D eigenvalue weighted by Crippen LogP contribution is 2.34. The summed E-state index contributed by atoms with van der Waals surface area (Å²) in [6.07, 6.45) is -2.89. The van der Waals surface area contributed by atoms with Gasteiger partial charge in [0, 0.05) is 38.4 Å². The summed E-state index contributed by atoms with van der Waals surface area (Å²) in [6, 6.07) is 14.0. The third kappa shape index (κ3) is 4.43. The van der Waals surface area contributed by atoms with Crippen molar-refractivity contribution in [3.63, 3.8) is 0 Å². The first kappa shape index (κ1) is 21.9. The van der Waals surface area contributed by atoms with Crippen molar-refractivity contribution in [1.82, 2.24) is 20.1 Å². The van der Waals surface area contributed by atoms with Crippen LogP contribution in [-0.2, 0) is 12.8 Å². The number of carbonyl (C=O) groups is 1. The zero-order valence-corrected chi connectivity index (χ0v) is 18.0. The summed E-state index contributed by atoms with van der Waals surface area (Å²) in [6.45, 7) is 1.98. The van der Waals surface area contributed by atoms with Crippen molar-refractivity contribution in [2.24, 2.45) is 0 Å². The van der Waals surface area contributed by atoms with E-state index in [0.29, 0.717) is 37.9 Å². The maximum absolute atomic E-state index is 13.3. The van der Waals surface area contributed by atoms with Crippen molar-refractivity contribution in [2.75, 3.05) is 31.1 Å². The van der Waals surface area contributed by atoms with Gasteiger partial charge in [-0.25, -0.2) is 0 Å². The van der Waals surface area contributed by atoms with Gasteiger partial charge in [0.25, 0.3) is 5.91 Å². The van der Waals surface area contributed by atoms with E-state index < -0.39 is 17.6 Å². The summed E-state index contributed by atoms with van der Waals surface area (Å²) < 4.78 is 45.6. The van der Waals surface area contributed by atoms with Gasteiger partial charge in [0.05, 0.1) is 16.8 Å². The number of hydrogen-bond acceptors (Lipinski definition) is 6. The number of aromatic nitrogens is 3. The molecule has 1 amide bonds. The zero-order chi connectivity index (χ0) is 23.7. The second-order valence-corrected chi connectivity index (χ2v) is 8.11. The van der Waals surface area contributed by atoms with Crippen molar-refractivity contribution in [3.8, 4) is 5.88 Å². The summed E-state index contributed by atoms with van der Waals surface area (Å²) in [4.78, 5) is 20.5. The lowest BCUT2D eigenvalue weighted by molar-refractivity contribution is -0.138. The molecular weight excluding hydrogens is 447 g/mol. The van der Waals surface area contributed by atoms with Crippen LogP contribution in [0.4, 0.5) is 19.0 Å². The highest BCUT2D eigenvalue weighted by Gasteiger charge is 2.38. The molecule has 0 N–H and O–H groups in total. The smallest absolute Gasteiger partial charge is 0.417 e. The average Bonchev–Trinajstić information content (AvgIpc) is 3.42. The van der Waals surface area contributed by atoms with Gasteiger partial charge in [-0.2, -0.15) is 13.2 Å². The van der Waals surface area contributed by atoms with Crippen molar-refractivity contribution in [2.45, 2.75) is 12.8 Å². The fraction of sp³-hybridized carbons (Fsp3) is 0.250. The summed E-state index contributed by atoms with van der Waals surface area (Å²) in [7, 11) is 0. The first-order valence-electron chi connectivity index (χ1n) is 10.6. The van der Waals surface area contributed by atoms with Crippen LogP contribution in [0.5, 0.6) is 5.88 Å². The zero-order valence-electron chi connectivity index (χ0n) is 18.0. The van der Waals surface area contributed by atoms with Crippen LogP contribution in [0.25, 0.3) is 0 Å². The van der Waals surface area contributed by atoms with E-state index in [2.05, 4.69) is 15.2 Å². The van der Waals surface area contributed by atoms with Crippen molar-refractivity contribution in [1.29, 1.82) is 0 Å². The first-order chi connectivity index (χ1) is 16.4. The van der Waals surface area contributed by atoms with E-state index in [1.807, 2.05) is 29.2 Å². The fourth-order valence-corrected chi connectivity index (χ4v) is 4.16. The predicted molar refractivity (Wildman–Crippen MR) is 117 cm³/mol. The Labute approximate surface area is 193 Å². The van der Waals surface area contributed by atoms with Gasteiger partial charge in [0.2, 0.25) is 5.88 Å². The number of benzene rings is 1. The maximum atomic E-state index is 13.3. The number of nitrogens with zero attached hydrogens (tertiary/aromatic N) is 5. The molecule has 5 rings (SSSR count). The molecule has 34 heavy (non-hydrogen) atoms. The lowest BCUT2D eigenvalue weighted by atomic mass is 10.1. The molecule has 174 valence electrons. The van der Waals surface area contributed by atoms with Crippen LogP contribution >= 0.6 is 0 Å². The molecular formula is C24H20F3N5O2. The standard InChI is InChI=1S/C24H20F3N5O2/c25-24(26,27)20-7-2-1-6-19(20)23(33)32-13-16-11-31(12-17(16)14-32)21-8-9-22(30-29-21)34-15-18-5-3-4-10-28-18/h1-10H,11-15H2. The van der Waals surface area contributed by atoms with E-state index in [1.54, 1.807) is 12.3 Å². The molecule has 0 saturated carbocycles. The SMILES string of the molecule is O=C(c1ccccc1C(F)(F)F)N1CC2=C(C1)CN(c1ccc(OCc3ccccn3)nn1)C2. The number of ether oxygens (including phenoxy) is 1. The van der Waals surface area contributed by atoms with Gasteiger partial charge in [-0.1, -0.05) is 18.2 Å². The maximum Gasteiger partial charge on any atom is 0.417 e. The third-order valence-corrected chi connectivity index (χ3v) is 5.82. The van der Waals surface area contributed by atoms with E-state index in [4.69, 9.17) is 4.74 Å². The lowest BCUT2D eigenvalue weighted by Crippen LogP contribution is -2.35. The molecule has 0 bridgehead atoms. The Kier molecular flexibility index (Phi) is 5.64. The normalized spacial score (nSPS) is 15.6. The Morgan fingerprint density at radius 1 is 0.912 bits per heavy atom. The molecule has 2 aliphatic rings. The molecule has 2 aromatic heterocycles. The number of alkyl halides is 3. The van der Waals surface area contributed by atoms with Crippen molar-refractivity contribution >= 4 is 11.7 Å². The van der Waals surface area contributed by atoms with E-state index in [-0.39, 0.29) is 12.2 Å². The Balaban J connectivity index is 1.19. The van der Waals surface area contributed by atoms with Gasteiger partial charge < -0.3 is 14.5 Å². The molecule has 1 aromatic carbocycles. The minimum Gasteiger partial charge on any atom is -0.470 e. The largest absolute Gasteiger partial charge is 0.470 e. The quantitative estimate of drug-likeness (QED) is 0.533. The molecule has 7 nitrogen and oxygen atoms in total. The van der Waals surface area contributed by atoms with Crippen LogP contribution in [0.15, 0.2) is 71.9 Å². The average molecular weight is 467 g/mol. The Hall–Kier alpha value is -3.95. The summed E-state index contributed by atoms with van der Waals surface area (Å²) >= 11 is 0. The highest BCUT2D eigenvalue weighted by atomic mass is 19.4. The van der Waals surface area contributed by atoms with Crippen LogP contribution in [-0.4, -0.2) is 52.2 Å². The van der Waals surface area contributed by atoms with Gasteiger partial charge in [-0.3, -0.25) is 9.78 Å². The molecule has 0 unspecified atom stereocenters. The number of hydrogen-bond donors (Lipinski definition) is 0. The lowest BCUT2D eigenvalue weighted by Gasteiger charge is -2.24. The van der Waals surface area contributed by atoms with Crippen molar-refractivity contribution < 1.29 is 22.7 Å². The third-order valence-electron chi connectivity index (χ3n) is 5.82. The van der Waals surface area contributed by atoms with E-state index in [1.165, 1.54) is 23.1 Å². The number of anilines is 1. The molecule has 0 saturated heterocycles. The first-order valence-corrected chi connectivity index (χ1v) is 10.6. The topological polar surface area (TPSA) is 71.5 Å². The minimum absolute atomic E-state index is 0.287.